The van der Waals surface area contributed by atoms with E-state index >= 15 is 0 Å². The Labute approximate surface area is 183 Å². The van der Waals surface area contributed by atoms with Gasteiger partial charge in [-0.25, -0.2) is 4.57 Å². The molecule has 2 aromatic carbocycles. The Kier molecular flexibility index (Phi) is 7.81. The zero-order valence-electron chi connectivity index (χ0n) is 17.1. The molecule has 0 spiro atoms. The van der Waals surface area contributed by atoms with E-state index in [1.807, 2.05) is 23.1 Å². The van der Waals surface area contributed by atoms with Gasteiger partial charge in [0.25, 0.3) is 0 Å². The third kappa shape index (κ3) is 5.90. The molecule has 0 fully saturated rings. The summed E-state index contributed by atoms with van der Waals surface area (Å²) in [7, 11) is 4.24. The fourth-order valence-corrected chi connectivity index (χ4v) is 5.47. The first kappa shape index (κ1) is 22.6. The predicted molar refractivity (Wildman–Crippen MR) is 118 cm³/mol. The summed E-state index contributed by atoms with van der Waals surface area (Å²) in [6, 6.07) is 21.3. The number of aromatic nitrogens is 1. The van der Waals surface area contributed by atoms with Gasteiger partial charge in [0.2, 0.25) is 4.34 Å². The molecule has 3 nitrogen and oxygen atoms in total. The smallest absolute Gasteiger partial charge is 0.312 e. The van der Waals surface area contributed by atoms with Crippen LogP contribution in [-0.2, 0) is 6.54 Å². The highest BCUT2D eigenvalue weighted by Crippen LogP contribution is 2.39. The maximum atomic E-state index is 3.71. The molecule has 150 valence electrons. The van der Waals surface area contributed by atoms with Crippen LogP contribution in [0.25, 0.3) is 0 Å². The number of rotatable bonds is 6. The van der Waals surface area contributed by atoms with E-state index in [0.717, 1.165) is 6.54 Å². The Morgan fingerprint density at radius 3 is 2.07 bits per heavy atom. The molecule has 6 heteroatoms. The van der Waals surface area contributed by atoms with Gasteiger partial charge in [0.05, 0.1) is 14.1 Å². The number of thiazole rings is 1. The second-order valence-electron chi connectivity index (χ2n) is 7.78. The number of hydrogen-bond donors (Lipinski definition) is 1. The van der Waals surface area contributed by atoms with Gasteiger partial charge in [-0.2, -0.15) is 0 Å². The number of nitrogens with one attached hydrogen (secondary N) is 1. The van der Waals surface area contributed by atoms with E-state index in [1.165, 1.54) is 25.6 Å². The molecule has 0 aliphatic carbocycles. The number of hydrogen-bond acceptors (Lipinski definition) is 4. The van der Waals surface area contributed by atoms with Crippen molar-refractivity contribution in [3.63, 3.8) is 0 Å². The van der Waals surface area contributed by atoms with Crippen LogP contribution >= 0.6 is 23.1 Å². The summed E-state index contributed by atoms with van der Waals surface area (Å²) in [6.07, 6.45) is 0. The van der Waals surface area contributed by atoms with E-state index in [0.29, 0.717) is 0 Å². The molecule has 0 aliphatic rings. The van der Waals surface area contributed by atoms with Gasteiger partial charge >= 0.3 is 5.82 Å². The largest absolute Gasteiger partial charge is 1.00 e. The average molecular weight is 434 g/mol. The fourth-order valence-electron chi connectivity index (χ4n) is 2.83. The molecule has 3 rings (SSSR count). The Balaban J connectivity index is 0.00000280. The molecule has 0 saturated carbocycles. The standard InChI is InChI=1S/C22H28N3S2.ClH/c1-22(2,3)23-19-20(24(4)5)25(16-17-12-8-6-9-13-17)21(27-19)26-18-14-10-7-11-15-18;/h6-15,23H,16H2,1-5H3;1H/q+1;/p-1. The normalized spacial score (nSPS) is 11.0. The minimum atomic E-state index is 0. The average Bonchev–Trinajstić information content (AvgIpc) is 2.91. The summed E-state index contributed by atoms with van der Waals surface area (Å²) in [5, 5.41) is 4.92. The lowest BCUT2D eigenvalue weighted by Gasteiger charge is -2.21. The Morgan fingerprint density at radius 1 is 0.964 bits per heavy atom. The summed E-state index contributed by atoms with van der Waals surface area (Å²) in [4.78, 5) is 3.47. The summed E-state index contributed by atoms with van der Waals surface area (Å²) in [6.45, 7) is 7.47. The second kappa shape index (κ2) is 9.68. The monoisotopic (exact) mass is 433 g/mol. The maximum absolute atomic E-state index is 3.71. The zero-order valence-corrected chi connectivity index (χ0v) is 19.5. The quantitative estimate of drug-likeness (QED) is 0.603. The molecule has 0 atom stereocenters. The van der Waals surface area contributed by atoms with E-state index in [2.05, 4.69) is 110 Å². The van der Waals surface area contributed by atoms with E-state index in [-0.39, 0.29) is 17.9 Å². The van der Waals surface area contributed by atoms with E-state index in [1.54, 1.807) is 0 Å². The van der Waals surface area contributed by atoms with Crippen molar-refractivity contribution >= 4 is 33.9 Å². The highest BCUT2D eigenvalue weighted by molar-refractivity contribution is 8.01. The van der Waals surface area contributed by atoms with Gasteiger partial charge in [-0.05, 0) is 50.2 Å². The first-order chi connectivity index (χ1) is 12.8. The van der Waals surface area contributed by atoms with Crippen LogP contribution in [0.4, 0.5) is 10.8 Å². The van der Waals surface area contributed by atoms with Gasteiger partial charge in [0, 0.05) is 10.4 Å². The number of benzene rings is 2. The second-order valence-corrected chi connectivity index (χ2v) is 10.1. The maximum Gasteiger partial charge on any atom is 0.312 e. The van der Waals surface area contributed by atoms with Crippen LogP contribution in [0.1, 0.15) is 26.3 Å². The van der Waals surface area contributed by atoms with Gasteiger partial charge in [0.15, 0.2) is 5.00 Å². The Bertz CT molecular complexity index is 872. The molecule has 0 saturated heterocycles. The van der Waals surface area contributed by atoms with Crippen LogP contribution in [0.5, 0.6) is 0 Å². The Morgan fingerprint density at radius 2 is 1.54 bits per heavy atom. The highest BCUT2D eigenvalue weighted by Gasteiger charge is 2.29. The molecule has 0 radical (unpaired) electrons. The van der Waals surface area contributed by atoms with Gasteiger partial charge in [0.1, 0.15) is 6.54 Å². The first-order valence-corrected chi connectivity index (χ1v) is 10.8. The van der Waals surface area contributed by atoms with Crippen molar-refractivity contribution in [1.82, 2.24) is 0 Å². The topological polar surface area (TPSA) is 19.1 Å². The van der Waals surface area contributed by atoms with Crippen molar-refractivity contribution in [2.45, 2.75) is 42.1 Å². The van der Waals surface area contributed by atoms with E-state index in [9.17, 15) is 0 Å². The molecular weight excluding hydrogens is 406 g/mol. The lowest BCUT2D eigenvalue weighted by atomic mass is 10.1. The molecular formula is C22H28ClN3S2. The molecule has 3 aromatic rings. The van der Waals surface area contributed by atoms with Gasteiger partial charge in [-0.15, -0.1) is 0 Å². The third-order valence-corrected chi connectivity index (χ3v) is 6.20. The first-order valence-electron chi connectivity index (χ1n) is 9.12. The zero-order chi connectivity index (χ0) is 19.4. The minimum Gasteiger partial charge on any atom is -1.00 e. The van der Waals surface area contributed by atoms with E-state index in [4.69, 9.17) is 0 Å². The lowest BCUT2D eigenvalue weighted by Crippen LogP contribution is -3.00. The third-order valence-electron chi connectivity index (χ3n) is 3.91. The van der Waals surface area contributed by atoms with Crippen molar-refractivity contribution in [1.29, 1.82) is 0 Å². The van der Waals surface area contributed by atoms with Crippen LogP contribution in [-0.4, -0.2) is 19.6 Å². The molecule has 1 heterocycles. The summed E-state index contributed by atoms with van der Waals surface area (Å²) in [5.41, 5.74) is 1.31. The van der Waals surface area contributed by atoms with Gasteiger partial charge < -0.3 is 17.7 Å². The van der Waals surface area contributed by atoms with Crippen LogP contribution in [0.3, 0.4) is 0 Å². The molecule has 0 amide bonds. The van der Waals surface area contributed by atoms with Crippen molar-refractivity contribution in [2.24, 2.45) is 0 Å². The summed E-state index contributed by atoms with van der Waals surface area (Å²) in [5.74, 6) is 1.22. The van der Waals surface area contributed by atoms with Crippen LogP contribution in [0, 0.1) is 0 Å². The molecule has 28 heavy (non-hydrogen) atoms. The SMILES string of the molecule is CN(C)c1c(NC(C)(C)C)sc(Sc2ccccc2)[n+]1Cc1ccccc1.[Cl-]. The van der Waals surface area contributed by atoms with Crippen molar-refractivity contribution in [2.75, 3.05) is 24.3 Å². The highest BCUT2D eigenvalue weighted by atomic mass is 35.5. The van der Waals surface area contributed by atoms with Crippen LogP contribution < -0.4 is 27.2 Å². The molecule has 0 bridgehead atoms. The predicted octanol–water partition coefficient (Wildman–Crippen LogP) is 2.52. The summed E-state index contributed by atoms with van der Waals surface area (Å²) < 4.78 is 3.70. The van der Waals surface area contributed by atoms with Crippen molar-refractivity contribution < 1.29 is 17.0 Å². The van der Waals surface area contributed by atoms with Crippen LogP contribution in [0.15, 0.2) is 69.9 Å². The molecule has 1 N–H and O–H groups in total. The molecule has 1 aromatic heterocycles. The minimum absolute atomic E-state index is 0. The number of nitrogens with zero attached hydrogens (tertiary/aromatic N) is 2. The number of anilines is 2. The Hall–Kier alpha value is -1.69. The molecule has 0 aliphatic heterocycles. The van der Waals surface area contributed by atoms with Crippen molar-refractivity contribution in [3.05, 3.63) is 66.2 Å². The van der Waals surface area contributed by atoms with Gasteiger partial charge in [-0.1, -0.05) is 59.9 Å². The molecule has 0 unspecified atom stereocenters. The van der Waals surface area contributed by atoms with Crippen molar-refractivity contribution in [3.8, 4) is 0 Å². The van der Waals surface area contributed by atoms with Gasteiger partial charge in [-0.3, -0.25) is 4.90 Å². The number of halogens is 1. The summed E-state index contributed by atoms with van der Waals surface area (Å²) >= 11 is 3.66. The van der Waals surface area contributed by atoms with Crippen LogP contribution in [0.2, 0.25) is 0 Å². The fraction of sp³-hybridized carbons (Fsp3) is 0.318. The van der Waals surface area contributed by atoms with E-state index < -0.39 is 0 Å². The lowest BCUT2D eigenvalue weighted by molar-refractivity contribution is -0.705.